The molecule has 0 atom stereocenters. The Morgan fingerprint density at radius 3 is 2.81 bits per heavy atom. The van der Waals surface area contributed by atoms with Crippen molar-refractivity contribution in [1.82, 2.24) is 9.88 Å². The van der Waals surface area contributed by atoms with E-state index in [1.54, 1.807) is 11.1 Å². The van der Waals surface area contributed by atoms with Gasteiger partial charge < -0.3 is 0 Å². The minimum atomic E-state index is -2.30. The zero-order valence-corrected chi connectivity index (χ0v) is 10.8. The van der Waals surface area contributed by atoms with Gasteiger partial charge in [0.05, 0.1) is 12.2 Å². The van der Waals surface area contributed by atoms with Crippen molar-refractivity contribution in [2.75, 3.05) is 18.4 Å². The maximum atomic E-state index is 12.3. The van der Waals surface area contributed by atoms with Crippen molar-refractivity contribution in [3.8, 4) is 0 Å². The van der Waals surface area contributed by atoms with Crippen molar-refractivity contribution in [3.05, 3.63) is 29.6 Å². The molecule has 0 unspecified atom stereocenters. The number of rotatable bonds is 6. The lowest BCUT2D eigenvalue weighted by molar-refractivity contribution is 0.0874. The SMILES string of the molecule is Cc1cccnc1CN(CCBr)CC(F)F. The Labute approximate surface area is 103 Å². The molecule has 0 spiro atoms. The molecular weight excluding hydrogens is 278 g/mol. The second-order valence-electron chi connectivity index (χ2n) is 3.58. The Balaban J connectivity index is 2.64. The fraction of sp³-hybridized carbons (Fsp3) is 0.545. The monoisotopic (exact) mass is 292 g/mol. The summed E-state index contributed by atoms with van der Waals surface area (Å²) in [5, 5.41) is 0.686. The normalized spacial score (nSPS) is 11.4. The first-order chi connectivity index (χ1) is 7.63. The van der Waals surface area contributed by atoms with Gasteiger partial charge in [0.25, 0.3) is 6.43 Å². The van der Waals surface area contributed by atoms with E-state index < -0.39 is 6.43 Å². The van der Waals surface area contributed by atoms with Crippen molar-refractivity contribution in [3.63, 3.8) is 0 Å². The molecule has 0 N–H and O–H groups in total. The maximum absolute atomic E-state index is 12.3. The first kappa shape index (κ1) is 13.5. The van der Waals surface area contributed by atoms with Crippen LogP contribution in [0.4, 0.5) is 8.78 Å². The van der Waals surface area contributed by atoms with Crippen LogP contribution in [0.3, 0.4) is 0 Å². The van der Waals surface area contributed by atoms with Crippen LogP contribution < -0.4 is 0 Å². The van der Waals surface area contributed by atoms with E-state index in [0.717, 1.165) is 11.3 Å². The Bertz CT molecular complexity index is 321. The molecule has 90 valence electrons. The van der Waals surface area contributed by atoms with Gasteiger partial charge >= 0.3 is 0 Å². The van der Waals surface area contributed by atoms with Crippen LogP contribution in [-0.2, 0) is 6.54 Å². The largest absolute Gasteiger partial charge is 0.291 e. The van der Waals surface area contributed by atoms with Gasteiger partial charge in [-0.1, -0.05) is 22.0 Å². The molecule has 0 aliphatic carbocycles. The van der Waals surface area contributed by atoms with Crippen LogP contribution in [0.5, 0.6) is 0 Å². The average molecular weight is 293 g/mol. The molecule has 0 aromatic carbocycles. The van der Waals surface area contributed by atoms with E-state index in [1.165, 1.54) is 0 Å². The summed E-state index contributed by atoms with van der Waals surface area (Å²) >= 11 is 3.26. The Hall–Kier alpha value is -0.550. The van der Waals surface area contributed by atoms with E-state index in [-0.39, 0.29) is 6.54 Å². The molecule has 16 heavy (non-hydrogen) atoms. The zero-order valence-electron chi connectivity index (χ0n) is 9.17. The lowest BCUT2D eigenvalue weighted by atomic mass is 10.2. The molecule has 1 heterocycles. The third kappa shape index (κ3) is 4.53. The quantitative estimate of drug-likeness (QED) is 0.750. The molecule has 2 nitrogen and oxygen atoms in total. The average Bonchev–Trinajstić information content (AvgIpc) is 2.21. The maximum Gasteiger partial charge on any atom is 0.251 e. The summed E-state index contributed by atoms with van der Waals surface area (Å²) in [6.07, 6.45) is -0.611. The minimum absolute atomic E-state index is 0.207. The first-order valence-corrected chi connectivity index (χ1v) is 6.22. The predicted octanol–water partition coefficient (Wildman–Crippen LogP) is 2.85. The zero-order chi connectivity index (χ0) is 12.0. The van der Waals surface area contributed by atoms with Gasteiger partial charge in [0.1, 0.15) is 0 Å². The molecule has 5 heteroatoms. The smallest absolute Gasteiger partial charge is 0.251 e. The van der Waals surface area contributed by atoms with Crippen LogP contribution in [0.25, 0.3) is 0 Å². The van der Waals surface area contributed by atoms with Crippen LogP contribution in [0.1, 0.15) is 11.3 Å². The van der Waals surface area contributed by atoms with Crippen LogP contribution in [0.2, 0.25) is 0 Å². The second-order valence-corrected chi connectivity index (χ2v) is 4.38. The number of aromatic nitrogens is 1. The van der Waals surface area contributed by atoms with Crippen LogP contribution in [0, 0.1) is 6.92 Å². The minimum Gasteiger partial charge on any atom is -0.291 e. The number of aryl methyl sites for hydroxylation is 1. The molecule has 0 saturated carbocycles. The van der Waals surface area contributed by atoms with Crippen molar-refractivity contribution < 1.29 is 8.78 Å². The molecule has 1 aromatic rings. The molecule has 1 rings (SSSR count). The van der Waals surface area contributed by atoms with E-state index >= 15 is 0 Å². The van der Waals surface area contributed by atoms with Crippen LogP contribution in [0.15, 0.2) is 18.3 Å². The van der Waals surface area contributed by atoms with Gasteiger partial charge in [-0.3, -0.25) is 9.88 Å². The predicted molar refractivity (Wildman–Crippen MR) is 64.0 cm³/mol. The molecule has 1 aromatic heterocycles. The standard InChI is InChI=1S/C11H15BrF2N2/c1-9-3-2-5-15-10(9)7-16(6-4-12)8-11(13)14/h2-3,5,11H,4,6-8H2,1H3. The van der Waals surface area contributed by atoms with E-state index in [4.69, 9.17) is 0 Å². The number of halogens is 3. The van der Waals surface area contributed by atoms with Gasteiger partial charge in [-0.15, -0.1) is 0 Å². The molecule has 0 aliphatic rings. The van der Waals surface area contributed by atoms with Crippen molar-refractivity contribution >= 4 is 15.9 Å². The molecular formula is C11H15BrF2N2. The topological polar surface area (TPSA) is 16.1 Å². The van der Waals surface area contributed by atoms with E-state index in [9.17, 15) is 8.78 Å². The summed E-state index contributed by atoms with van der Waals surface area (Å²) in [5.74, 6) is 0. The fourth-order valence-electron chi connectivity index (χ4n) is 1.45. The number of pyridine rings is 1. The Morgan fingerprint density at radius 2 is 2.25 bits per heavy atom. The number of hydrogen-bond donors (Lipinski definition) is 0. The van der Waals surface area contributed by atoms with Gasteiger partial charge in [-0.2, -0.15) is 0 Å². The lowest BCUT2D eigenvalue weighted by Crippen LogP contribution is -2.30. The third-order valence-corrected chi connectivity index (χ3v) is 2.64. The Kier molecular flexibility index (Phi) is 5.84. The molecule has 0 fully saturated rings. The molecule has 0 amide bonds. The highest BCUT2D eigenvalue weighted by Crippen LogP contribution is 2.09. The van der Waals surface area contributed by atoms with Gasteiger partial charge in [-0.25, -0.2) is 8.78 Å². The van der Waals surface area contributed by atoms with Gasteiger partial charge in [-0.05, 0) is 18.6 Å². The molecule has 0 aliphatic heterocycles. The highest BCUT2D eigenvalue weighted by molar-refractivity contribution is 9.09. The second kappa shape index (κ2) is 6.91. The van der Waals surface area contributed by atoms with Gasteiger partial charge in [0.15, 0.2) is 0 Å². The lowest BCUT2D eigenvalue weighted by Gasteiger charge is -2.21. The van der Waals surface area contributed by atoms with E-state index in [1.807, 2.05) is 19.1 Å². The van der Waals surface area contributed by atoms with E-state index in [2.05, 4.69) is 20.9 Å². The van der Waals surface area contributed by atoms with E-state index in [0.29, 0.717) is 18.4 Å². The van der Waals surface area contributed by atoms with Gasteiger partial charge in [0.2, 0.25) is 0 Å². The summed E-state index contributed by atoms with van der Waals surface area (Å²) in [7, 11) is 0. The number of nitrogens with zero attached hydrogens (tertiary/aromatic N) is 2. The van der Waals surface area contributed by atoms with Gasteiger partial charge in [0, 0.05) is 24.6 Å². The molecule has 0 bridgehead atoms. The first-order valence-electron chi connectivity index (χ1n) is 5.10. The fourth-order valence-corrected chi connectivity index (χ4v) is 1.95. The highest BCUT2D eigenvalue weighted by Gasteiger charge is 2.13. The van der Waals surface area contributed by atoms with Crippen molar-refractivity contribution in [2.24, 2.45) is 0 Å². The van der Waals surface area contributed by atoms with Crippen LogP contribution in [-0.4, -0.2) is 34.7 Å². The molecule has 0 radical (unpaired) electrons. The summed E-state index contributed by atoms with van der Waals surface area (Å²) in [5.41, 5.74) is 1.90. The van der Waals surface area contributed by atoms with Crippen LogP contribution >= 0.6 is 15.9 Å². The summed E-state index contributed by atoms with van der Waals surface area (Å²) in [4.78, 5) is 5.91. The summed E-state index contributed by atoms with van der Waals surface area (Å²) in [6.45, 7) is 2.81. The highest BCUT2D eigenvalue weighted by atomic mass is 79.9. The van der Waals surface area contributed by atoms with Crippen molar-refractivity contribution in [2.45, 2.75) is 19.9 Å². The Morgan fingerprint density at radius 1 is 1.50 bits per heavy atom. The summed E-state index contributed by atoms with van der Waals surface area (Å²) in [6, 6.07) is 3.79. The summed E-state index contributed by atoms with van der Waals surface area (Å²) < 4.78 is 24.7. The number of hydrogen-bond acceptors (Lipinski definition) is 2. The number of alkyl halides is 3. The van der Waals surface area contributed by atoms with Crippen molar-refractivity contribution in [1.29, 1.82) is 0 Å². The third-order valence-electron chi connectivity index (χ3n) is 2.29. The molecule has 0 saturated heterocycles.